The molecule has 0 radical (unpaired) electrons. The molecule has 1 aliphatic rings. The van der Waals surface area contributed by atoms with Gasteiger partial charge in [-0.1, -0.05) is 18.3 Å². The highest BCUT2D eigenvalue weighted by atomic mass is 32.1. The van der Waals surface area contributed by atoms with E-state index >= 15 is 0 Å². The summed E-state index contributed by atoms with van der Waals surface area (Å²) in [5.74, 6) is -0.0565. The minimum atomic E-state index is -0.640. The lowest BCUT2D eigenvalue weighted by atomic mass is 10.1. The largest absolute Gasteiger partial charge is 0.478 e. The molecule has 0 fully saturated rings. The Hall–Kier alpha value is -2.89. The van der Waals surface area contributed by atoms with Crippen LogP contribution in [-0.4, -0.2) is 46.8 Å². The number of amides is 2. The predicted molar refractivity (Wildman–Crippen MR) is 123 cm³/mol. The fourth-order valence-corrected chi connectivity index (χ4v) is 5.05. The molecule has 0 spiro atoms. The first-order valence-corrected chi connectivity index (χ1v) is 11.7. The number of ether oxygens (including phenoxy) is 2. The van der Waals surface area contributed by atoms with Crippen LogP contribution in [0.2, 0.25) is 0 Å². The molecule has 1 unspecified atom stereocenters. The third kappa shape index (κ3) is 4.50. The molecule has 0 bridgehead atoms. The summed E-state index contributed by atoms with van der Waals surface area (Å²) in [6, 6.07) is 5.62. The van der Waals surface area contributed by atoms with Crippen LogP contribution in [0.25, 0.3) is 11.3 Å². The highest BCUT2D eigenvalue weighted by Gasteiger charge is 2.35. The van der Waals surface area contributed by atoms with Crippen molar-refractivity contribution in [3.8, 4) is 17.0 Å². The molecule has 4 rings (SSSR count). The number of nitrogens with zero attached hydrogens (tertiary/aromatic N) is 4. The molecule has 1 aromatic carbocycles. The minimum absolute atomic E-state index is 0.163. The number of fused-ring (bicyclic) bond motifs is 1. The number of anilines is 2. The van der Waals surface area contributed by atoms with Crippen molar-refractivity contribution < 1.29 is 19.1 Å². The van der Waals surface area contributed by atoms with Gasteiger partial charge in [-0.15, -0.1) is 21.5 Å². The minimum Gasteiger partial charge on any atom is -0.478 e. The summed E-state index contributed by atoms with van der Waals surface area (Å²) in [4.78, 5) is 33.0. The summed E-state index contributed by atoms with van der Waals surface area (Å²) in [6.45, 7) is 6.00. The van der Waals surface area contributed by atoms with Crippen LogP contribution in [0.4, 0.5) is 10.8 Å². The van der Waals surface area contributed by atoms with Crippen LogP contribution in [0.1, 0.15) is 28.2 Å². The van der Waals surface area contributed by atoms with Crippen LogP contribution in [-0.2, 0) is 20.9 Å². The maximum Gasteiger partial charge on any atom is 0.268 e. The second kappa shape index (κ2) is 9.31. The summed E-state index contributed by atoms with van der Waals surface area (Å²) < 4.78 is 10.9. The molecule has 1 atom stereocenters. The van der Waals surface area contributed by atoms with Crippen LogP contribution in [0.5, 0.6) is 5.75 Å². The maximum atomic E-state index is 13.1. The van der Waals surface area contributed by atoms with Crippen molar-refractivity contribution in [2.75, 3.05) is 23.9 Å². The zero-order valence-electron chi connectivity index (χ0n) is 18.2. The number of nitrogens with one attached hydrogen (secondary N) is 1. The molecule has 168 valence electrons. The Bertz CT molecular complexity index is 1160. The molecule has 0 saturated heterocycles. The van der Waals surface area contributed by atoms with Crippen molar-refractivity contribution in [3.05, 3.63) is 33.1 Å². The summed E-state index contributed by atoms with van der Waals surface area (Å²) in [5, 5.41) is 12.6. The number of rotatable bonds is 7. The van der Waals surface area contributed by atoms with Crippen molar-refractivity contribution >= 4 is 45.3 Å². The van der Waals surface area contributed by atoms with E-state index in [4.69, 9.17) is 9.47 Å². The van der Waals surface area contributed by atoms with E-state index in [0.29, 0.717) is 34.6 Å². The predicted octanol–water partition coefficient (Wildman–Crippen LogP) is 3.57. The van der Waals surface area contributed by atoms with Crippen molar-refractivity contribution in [3.63, 3.8) is 0 Å². The van der Waals surface area contributed by atoms with Crippen LogP contribution < -0.4 is 15.0 Å². The molecule has 2 aromatic heterocycles. The zero-order chi connectivity index (χ0) is 22.8. The number of thiazole rings is 1. The Morgan fingerprint density at radius 2 is 2.09 bits per heavy atom. The van der Waals surface area contributed by atoms with E-state index in [-0.39, 0.29) is 18.4 Å². The number of hydrogen-bond donors (Lipinski definition) is 1. The SMILES string of the molecule is CCC1Oc2ccc(-c3nc(C)sc3C)cc2N(CC(=O)Nc2nnc(COC)s2)C1=O. The number of benzene rings is 1. The van der Waals surface area contributed by atoms with Crippen molar-refractivity contribution in [1.29, 1.82) is 0 Å². The van der Waals surface area contributed by atoms with Crippen LogP contribution >= 0.6 is 22.7 Å². The first kappa shape index (κ1) is 22.3. The lowest BCUT2D eigenvalue weighted by Crippen LogP contribution is -2.48. The monoisotopic (exact) mass is 473 g/mol. The van der Waals surface area contributed by atoms with E-state index in [0.717, 1.165) is 21.1 Å². The number of hydrogen-bond acceptors (Lipinski definition) is 9. The zero-order valence-corrected chi connectivity index (χ0v) is 19.8. The number of carbonyl (C=O) groups excluding carboxylic acids is 2. The van der Waals surface area contributed by atoms with E-state index in [1.54, 1.807) is 18.4 Å². The third-order valence-corrected chi connectivity index (χ3v) is 6.59. The van der Waals surface area contributed by atoms with Gasteiger partial charge >= 0.3 is 0 Å². The van der Waals surface area contributed by atoms with Crippen LogP contribution in [0.15, 0.2) is 18.2 Å². The smallest absolute Gasteiger partial charge is 0.268 e. The number of methoxy groups -OCH3 is 1. The molecule has 11 heteroatoms. The molecule has 1 N–H and O–H groups in total. The van der Waals surface area contributed by atoms with E-state index in [2.05, 4.69) is 20.5 Å². The average Bonchev–Trinajstić information content (AvgIpc) is 3.34. The van der Waals surface area contributed by atoms with Gasteiger partial charge in [0.25, 0.3) is 5.91 Å². The van der Waals surface area contributed by atoms with Gasteiger partial charge in [-0.2, -0.15) is 0 Å². The summed E-state index contributed by atoms with van der Waals surface area (Å²) in [6.07, 6.45) is -0.140. The molecule has 2 amide bonds. The van der Waals surface area contributed by atoms with E-state index < -0.39 is 6.10 Å². The molecule has 0 aliphatic carbocycles. The van der Waals surface area contributed by atoms with E-state index in [1.807, 2.05) is 39.0 Å². The molecule has 32 heavy (non-hydrogen) atoms. The average molecular weight is 474 g/mol. The molecular weight excluding hydrogens is 450 g/mol. The second-order valence-corrected chi connectivity index (χ2v) is 9.71. The fourth-order valence-electron chi connectivity index (χ4n) is 3.48. The highest BCUT2D eigenvalue weighted by Crippen LogP contribution is 2.39. The lowest BCUT2D eigenvalue weighted by molar-refractivity contribution is -0.128. The van der Waals surface area contributed by atoms with E-state index in [1.165, 1.54) is 16.2 Å². The molecule has 3 heterocycles. The Labute approximate surface area is 193 Å². The van der Waals surface area contributed by atoms with Gasteiger partial charge in [-0.05, 0) is 38.5 Å². The van der Waals surface area contributed by atoms with Gasteiger partial charge < -0.3 is 9.47 Å². The van der Waals surface area contributed by atoms with Gasteiger partial charge in [-0.3, -0.25) is 19.8 Å². The van der Waals surface area contributed by atoms with Gasteiger partial charge in [0.05, 0.1) is 16.4 Å². The van der Waals surface area contributed by atoms with E-state index in [9.17, 15) is 9.59 Å². The first-order valence-electron chi connectivity index (χ1n) is 10.1. The standard InChI is InChI=1S/C21H23N5O4S2/c1-5-15-20(28)26(9-17(27)23-21-25-24-18(32-21)10-29-4)14-8-13(6-7-16(14)30-15)19-11(2)31-12(3)22-19/h6-8,15H,5,9-10H2,1-4H3,(H,23,25,27). The second-order valence-electron chi connectivity index (χ2n) is 7.24. The normalized spacial score (nSPS) is 15.4. The van der Waals surface area contributed by atoms with Crippen molar-refractivity contribution in [1.82, 2.24) is 15.2 Å². The number of carbonyl (C=O) groups is 2. The Morgan fingerprint density at radius 3 is 2.78 bits per heavy atom. The molecule has 0 saturated carbocycles. The van der Waals surface area contributed by atoms with Gasteiger partial charge in [-0.25, -0.2) is 4.98 Å². The number of aromatic nitrogens is 3. The first-order chi connectivity index (χ1) is 15.4. The van der Waals surface area contributed by atoms with Crippen LogP contribution in [0, 0.1) is 13.8 Å². The lowest BCUT2D eigenvalue weighted by Gasteiger charge is -2.33. The Kier molecular flexibility index (Phi) is 6.49. The third-order valence-electron chi connectivity index (χ3n) is 4.89. The fraction of sp³-hybridized carbons (Fsp3) is 0.381. The maximum absolute atomic E-state index is 13.1. The van der Waals surface area contributed by atoms with Gasteiger partial charge in [0.2, 0.25) is 11.0 Å². The van der Waals surface area contributed by atoms with Crippen LogP contribution in [0.3, 0.4) is 0 Å². The Morgan fingerprint density at radius 1 is 1.28 bits per heavy atom. The molecule has 9 nitrogen and oxygen atoms in total. The topological polar surface area (TPSA) is 107 Å². The quantitative estimate of drug-likeness (QED) is 0.559. The summed E-state index contributed by atoms with van der Waals surface area (Å²) in [7, 11) is 1.56. The summed E-state index contributed by atoms with van der Waals surface area (Å²) in [5.41, 5.74) is 2.29. The van der Waals surface area contributed by atoms with Crippen molar-refractivity contribution in [2.24, 2.45) is 0 Å². The molecule has 1 aliphatic heterocycles. The van der Waals surface area contributed by atoms with Gasteiger partial charge in [0.15, 0.2) is 6.10 Å². The Balaban J connectivity index is 1.61. The van der Waals surface area contributed by atoms with Gasteiger partial charge in [0, 0.05) is 17.6 Å². The molecule has 3 aromatic rings. The molecular formula is C21H23N5O4S2. The summed E-state index contributed by atoms with van der Waals surface area (Å²) >= 11 is 2.84. The van der Waals surface area contributed by atoms with Gasteiger partial charge in [0.1, 0.15) is 23.9 Å². The highest BCUT2D eigenvalue weighted by molar-refractivity contribution is 7.15. The number of aryl methyl sites for hydroxylation is 2. The van der Waals surface area contributed by atoms with Crippen molar-refractivity contribution in [2.45, 2.75) is 39.9 Å².